The van der Waals surface area contributed by atoms with E-state index in [1.54, 1.807) is 13.3 Å². The largest absolute Gasteiger partial charge is 0.480 e. The van der Waals surface area contributed by atoms with E-state index in [1.165, 1.54) is 21.6 Å². The maximum Gasteiger partial charge on any atom is 0.327 e. The Morgan fingerprint density at radius 2 is 1.35 bits per heavy atom. The van der Waals surface area contributed by atoms with Gasteiger partial charge < -0.3 is 31.3 Å². The third-order valence-electron chi connectivity index (χ3n) is 3.85. The van der Waals surface area contributed by atoms with Crippen LogP contribution in [0.4, 0.5) is 0 Å². The van der Waals surface area contributed by atoms with Gasteiger partial charge in [-0.15, -0.1) is 0 Å². The number of carbonyl (C=O) groups is 5. The first-order valence-electron chi connectivity index (χ1n) is 9.39. The molecule has 0 rings (SSSR count). The molecule has 14 heteroatoms. The summed E-state index contributed by atoms with van der Waals surface area (Å²) in [6.07, 6.45) is 1.69. The van der Waals surface area contributed by atoms with Crippen LogP contribution in [-0.4, -0.2) is 132 Å². The number of nitrogens with zero attached hydrogens (tertiary/aromatic N) is 2. The van der Waals surface area contributed by atoms with Crippen LogP contribution in [0.5, 0.6) is 0 Å². The SMILES string of the molecule is CNCCNC(=O)CN(CCN(CC(=O)O)CC(=O)N[C@@H](CSC)C(=O)O)CC(=O)O. The Hall–Kier alpha value is -2.42. The molecule has 0 aromatic heterocycles. The fourth-order valence-corrected chi connectivity index (χ4v) is 3.02. The Labute approximate surface area is 184 Å². The smallest absolute Gasteiger partial charge is 0.327 e. The summed E-state index contributed by atoms with van der Waals surface area (Å²) in [7, 11) is 1.72. The molecule has 0 spiro atoms. The zero-order valence-electron chi connectivity index (χ0n) is 17.6. The molecule has 0 bridgehead atoms. The molecule has 13 nitrogen and oxygen atoms in total. The van der Waals surface area contributed by atoms with Crippen LogP contribution in [0.1, 0.15) is 0 Å². The van der Waals surface area contributed by atoms with Crippen molar-refractivity contribution in [3.05, 3.63) is 0 Å². The van der Waals surface area contributed by atoms with Crippen LogP contribution < -0.4 is 16.0 Å². The van der Waals surface area contributed by atoms with E-state index in [1.807, 2.05) is 0 Å². The van der Waals surface area contributed by atoms with Crippen molar-refractivity contribution in [3.63, 3.8) is 0 Å². The third kappa shape index (κ3) is 15.1. The van der Waals surface area contributed by atoms with Crippen molar-refractivity contribution < 1.29 is 39.3 Å². The molecular formula is C17H31N5O8S. The van der Waals surface area contributed by atoms with Gasteiger partial charge in [0.05, 0.1) is 26.2 Å². The van der Waals surface area contributed by atoms with Crippen molar-refractivity contribution in [3.8, 4) is 0 Å². The predicted octanol–water partition coefficient (Wildman–Crippen LogP) is -2.97. The summed E-state index contributed by atoms with van der Waals surface area (Å²) in [5.41, 5.74) is 0. The number of thioether (sulfide) groups is 1. The van der Waals surface area contributed by atoms with Crippen LogP contribution in [0.2, 0.25) is 0 Å². The first-order chi connectivity index (χ1) is 14.6. The number of rotatable bonds is 18. The van der Waals surface area contributed by atoms with Crippen molar-refractivity contribution in [1.82, 2.24) is 25.8 Å². The van der Waals surface area contributed by atoms with Gasteiger partial charge in [0.2, 0.25) is 11.8 Å². The van der Waals surface area contributed by atoms with Crippen molar-refractivity contribution in [2.45, 2.75) is 6.04 Å². The lowest BCUT2D eigenvalue weighted by Crippen LogP contribution is -2.49. The van der Waals surface area contributed by atoms with E-state index in [4.69, 9.17) is 15.3 Å². The Balaban J connectivity index is 4.93. The van der Waals surface area contributed by atoms with Crippen molar-refractivity contribution in [1.29, 1.82) is 0 Å². The van der Waals surface area contributed by atoms with E-state index in [0.29, 0.717) is 13.1 Å². The molecule has 0 fully saturated rings. The third-order valence-corrected chi connectivity index (χ3v) is 4.52. The average molecular weight is 466 g/mol. The summed E-state index contributed by atoms with van der Waals surface area (Å²) < 4.78 is 0. The van der Waals surface area contributed by atoms with Gasteiger partial charge in [-0.05, 0) is 13.3 Å². The number of amides is 2. The molecule has 0 aromatic carbocycles. The molecule has 0 aliphatic rings. The lowest BCUT2D eigenvalue weighted by molar-refractivity contribution is -0.142. The summed E-state index contributed by atoms with van der Waals surface area (Å²) in [6, 6.07) is -1.11. The van der Waals surface area contributed by atoms with Crippen molar-refractivity contribution >= 4 is 41.5 Å². The normalized spacial score (nSPS) is 11.9. The number of carbonyl (C=O) groups excluding carboxylic acids is 2. The molecule has 0 heterocycles. The Morgan fingerprint density at radius 1 is 0.839 bits per heavy atom. The second kappa shape index (κ2) is 16.3. The van der Waals surface area contributed by atoms with E-state index in [9.17, 15) is 24.0 Å². The Morgan fingerprint density at radius 3 is 1.77 bits per heavy atom. The van der Waals surface area contributed by atoms with Gasteiger partial charge in [-0.2, -0.15) is 11.8 Å². The lowest BCUT2D eigenvalue weighted by Gasteiger charge is -2.25. The summed E-state index contributed by atoms with van der Waals surface area (Å²) >= 11 is 1.23. The zero-order valence-corrected chi connectivity index (χ0v) is 18.4. The average Bonchev–Trinajstić information content (AvgIpc) is 2.64. The highest BCUT2D eigenvalue weighted by molar-refractivity contribution is 7.98. The number of carboxylic acids is 3. The minimum atomic E-state index is -1.21. The molecule has 2 amide bonds. The lowest BCUT2D eigenvalue weighted by atomic mass is 10.3. The topological polar surface area (TPSA) is 189 Å². The maximum atomic E-state index is 12.2. The number of aliphatic carboxylic acids is 3. The first-order valence-corrected chi connectivity index (χ1v) is 10.8. The highest BCUT2D eigenvalue weighted by Crippen LogP contribution is 1.99. The first kappa shape index (κ1) is 28.6. The van der Waals surface area contributed by atoms with Crippen LogP contribution >= 0.6 is 11.8 Å². The molecule has 0 aliphatic carbocycles. The number of likely N-dealkylation sites (N-methyl/N-ethyl adjacent to an activating group) is 1. The monoisotopic (exact) mass is 465 g/mol. The molecule has 178 valence electrons. The fourth-order valence-electron chi connectivity index (χ4n) is 2.46. The Kier molecular flexibility index (Phi) is 15.0. The predicted molar refractivity (Wildman–Crippen MR) is 113 cm³/mol. The van der Waals surface area contributed by atoms with E-state index in [-0.39, 0.29) is 37.8 Å². The van der Waals surface area contributed by atoms with E-state index < -0.39 is 42.9 Å². The second-order valence-electron chi connectivity index (χ2n) is 6.58. The highest BCUT2D eigenvalue weighted by Gasteiger charge is 2.22. The number of hydrogen-bond donors (Lipinski definition) is 6. The van der Waals surface area contributed by atoms with Gasteiger partial charge in [0, 0.05) is 31.9 Å². The number of carboxylic acid groups (broad SMARTS) is 3. The molecule has 0 aliphatic heterocycles. The molecule has 1 atom stereocenters. The van der Waals surface area contributed by atoms with Gasteiger partial charge in [0.1, 0.15) is 6.04 Å². The van der Waals surface area contributed by atoms with Gasteiger partial charge in [0.15, 0.2) is 0 Å². The number of nitrogens with one attached hydrogen (secondary N) is 3. The van der Waals surface area contributed by atoms with E-state index in [2.05, 4.69) is 16.0 Å². The molecule has 0 saturated heterocycles. The quantitative estimate of drug-likeness (QED) is 0.113. The van der Waals surface area contributed by atoms with Crippen LogP contribution in [0.15, 0.2) is 0 Å². The summed E-state index contributed by atoms with van der Waals surface area (Å²) in [4.78, 5) is 60.1. The van der Waals surface area contributed by atoms with E-state index in [0.717, 1.165) is 0 Å². The van der Waals surface area contributed by atoms with Crippen molar-refractivity contribution in [2.24, 2.45) is 0 Å². The van der Waals surface area contributed by atoms with Crippen LogP contribution in [0.3, 0.4) is 0 Å². The van der Waals surface area contributed by atoms with Gasteiger partial charge in [0.25, 0.3) is 0 Å². The van der Waals surface area contributed by atoms with Gasteiger partial charge >= 0.3 is 17.9 Å². The molecule has 0 aromatic rings. The molecule has 6 N–H and O–H groups in total. The van der Waals surface area contributed by atoms with Crippen molar-refractivity contribution in [2.75, 3.05) is 71.4 Å². The Bertz CT molecular complexity index is 621. The second-order valence-corrected chi connectivity index (χ2v) is 7.49. The standard InChI is InChI=1S/C17H31N5O8S/c1-18-3-4-19-13(23)7-21(9-15(25)26)5-6-22(10-16(27)28)8-14(24)20-12(11-31-2)17(29)30/h12,18H,3-11H2,1-2H3,(H,19,23)(H,20,24)(H,25,26)(H,27,28)(H,29,30)/t12-/m0/s1. The van der Waals surface area contributed by atoms with E-state index >= 15 is 0 Å². The maximum absolute atomic E-state index is 12.2. The van der Waals surface area contributed by atoms with Crippen LogP contribution in [-0.2, 0) is 24.0 Å². The molecule has 0 radical (unpaired) electrons. The molecular weight excluding hydrogens is 434 g/mol. The van der Waals surface area contributed by atoms with Gasteiger partial charge in [-0.3, -0.25) is 29.0 Å². The minimum absolute atomic E-state index is 0.0134. The van der Waals surface area contributed by atoms with Crippen LogP contribution in [0.25, 0.3) is 0 Å². The van der Waals surface area contributed by atoms with Gasteiger partial charge in [-0.1, -0.05) is 0 Å². The van der Waals surface area contributed by atoms with Crippen LogP contribution in [0, 0.1) is 0 Å². The molecule has 0 unspecified atom stereocenters. The summed E-state index contributed by atoms with van der Waals surface area (Å²) in [5, 5.41) is 35.1. The number of hydrogen-bond acceptors (Lipinski definition) is 9. The zero-order chi connectivity index (χ0) is 23.8. The highest BCUT2D eigenvalue weighted by atomic mass is 32.2. The summed E-state index contributed by atoms with van der Waals surface area (Å²) in [6.45, 7) is -0.652. The molecule has 31 heavy (non-hydrogen) atoms. The molecule has 0 saturated carbocycles. The minimum Gasteiger partial charge on any atom is -0.480 e. The van der Waals surface area contributed by atoms with Gasteiger partial charge in [-0.25, -0.2) is 4.79 Å². The summed E-state index contributed by atoms with van der Waals surface area (Å²) in [5.74, 6) is -4.48. The fraction of sp³-hybridized carbons (Fsp3) is 0.706.